The first kappa shape index (κ1) is 68.4. The van der Waals surface area contributed by atoms with Crippen molar-refractivity contribution in [3.8, 4) is 39.5 Å². The number of likely N-dealkylation sites (tertiary alicyclic amines) is 2. The fourth-order valence-corrected chi connectivity index (χ4v) is 16.9. The van der Waals surface area contributed by atoms with Crippen LogP contribution in [0.1, 0.15) is 170 Å². The van der Waals surface area contributed by atoms with Crippen molar-refractivity contribution >= 4 is 17.5 Å². The molecule has 0 radical (unpaired) electrons. The molecule has 7 N–H and O–H groups in total. The molecule has 6 aromatic heterocycles. The van der Waals surface area contributed by atoms with Crippen molar-refractivity contribution in [3.63, 3.8) is 0 Å². The maximum Gasteiger partial charge on any atom is 0.419 e. The zero-order valence-electron chi connectivity index (χ0n) is 55.2. The average Bonchev–Trinajstić information content (AvgIpc) is 1.57. The molecule has 6 saturated carbocycles. The Morgan fingerprint density at radius 3 is 1.37 bits per heavy atom. The first-order valence-corrected chi connectivity index (χ1v) is 33.7. The second kappa shape index (κ2) is 27.0. The molecule has 8 fully saturated rings. The van der Waals surface area contributed by atoms with Gasteiger partial charge < -0.3 is 36.7 Å². The molecular weight excluding hydrogens is 1250 g/mol. The summed E-state index contributed by atoms with van der Waals surface area (Å²) in [6.07, 6.45) is 5.39. The summed E-state index contributed by atoms with van der Waals surface area (Å²) in [4.78, 5) is 18.8. The Morgan fingerprint density at radius 1 is 0.579 bits per heavy atom. The maximum absolute atomic E-state index is 13.6. The fourth-order valence-electron chi connectivity index (χ4n) is 16.9. The van der Waals surface area contributed by atoms with Gasteiger partial charge in [-0.1, -0.05) is 0 Å². The summed E-state index contributed by atoms with van der Waals surface area (Å²) < 4.78 is 135. The number of aliphatic hydroxyl groups excluding tert-OH is 1. The number of hydrogen-bond acceptors (Lipinski definition) is 15. The van der Waals surface area contributed by atoms with Gasteiger partial charge in [0.25, 0.3) is 0 Å². The molecule has 8 heterocycles. The Hall–Kier alpha value is -6.55. The highest BCUT2D eigenvalue weighted by molar-refractivity contribution is 5.66. The van der Waals surface area contributed by atoms with Gasteiger partial charge in [0, 0.05) is 146 Å². The number of methoxy groups -OCH3 is 1. The minimum atomic E-state index is -4.55. The van der Waals surface area contributed by atoms with Crippen LogP contribution in [0.5, 0.6) is 5.75 Å². The molecule has 2 saturated heterocycles. The molecule has 6 unspecified atom stereocenters. The van der Waals surface area contributed by atoms with E-state index in [-0.39, 0.29) is 36.3 Å². The standard InChI is InChI=1S/C24H32F3N5O.C22H28F3N5O.C22H30F3N5O/c1-13(2)32-21(10-20(30-32)14-7-19(24(25,26)27)23(28)29-11-14)22-17-8-15(9-18(17)22)31-6-4-5-16(12-31)33-3;1-11(2)30-18(20-15-6-14(7-16(15)20)29-4-3-13(23)10-29)8-17(28-30)12-5-19(31-22(24)25)21(26)27-9-12;1-12(2)30-19(20-15-8-14(9-16(15)20)29(3)5-4-6-31)10-18(28-30)13-7-17(22(23,24)25)21(26)27-11-13/h7,10-11,13,15-18,22H,4-6,8-9,12H2,1-3H3,(H2,28,29);5,8-9,11,13-16,20,22H,3-4,6-7,10H2,1-2H3,(H2,26,27);7,10-12,14-16,20,31H,4-6,8-9H2,1-3H3,(H2,26,27)/t15?,16-,17-,18+,22?;13-,14?,15-,16+,20?;14?,15-,16+,20?/m00./s1. The normalized spacial score (nSPS) is 28.7. The summed E-state index contributed by atoms with van der Waals surface area (Å²) in [5, 5.41) is 23.2. The molecule has 0 bridgehead atoms. The number of anilines is 3. The third-order valence-electron chi connectivity index (χ3n) is 21.7. The van der Waals surface area contributed by atoms with Crippen LogP contribution in [-0.4, -0.2) is 155 Å². The third-order valence-corrected chi connectivity index (χ3v) is 21.7. The predicted octanol–water partition coefficient (Wildman–Crippen LogP) is 12.9. The second-order valence-electron chi connectivity index (χ2n) is 28.6. The highest BCUT2D eigenvalue weighted by Crippen LogP contribution is 2.67. The van der Waals surface area contributed by atoms with Crippen LogP contribution in [0.3, 0.4) is 0 Å². The number of ether oxygens (including phenoxy) is 2. The van der Waals surface area contributed by atoms with Crippen LogP contribution in [0.4, 0.5) is 57.0 Å². The molecule has 27 heteroatoms. The lowest BCUT2D eigenvalue weighted by molar-refractivity contribution is -0.137. The molecule has 518 valence electrons. The van der Waals surface area contributed by atoms with Gasteiger partial charge in [0.1, 0.15) is 17.8 Å². The van der Waals surface area contributed by atoms with Gasteiger partial charge in [0.05, 0.1) is 34.3 Å². The predicted molar refractivity (Wildman–Crippen MR) is 343 cm³/mol. The molecule has 0 aromatic carbocycles. The van der Waals surface area contributed by atoms with Crippen molar-refractivity contribution in [1.82, 2.24) is 59.0 Å². The Balaban J connectivity index is 0.000000137. The van der Waals surface area contributed by atoms with E-state index in [9.17, 15) is 39.5 Å². The van der Waals surface area contributed by atoms with E-state index in [0.717, 1.165) is 88.2 Å². The number of fused-ring (bicyclic) bond motifs is 3. The minimum absolute atomic E-state index is 0.0761. The van der Waals surface area contributed by atoms with Crippen LogP contribution in [0.15, 0.2) is 55.0 Å². The van der Waals surface area contributed by atoms with Gasteiger partial charge in [-0.3, -0.25) is 23.8 Å². The third kappa shape index (κ3) is 14.3. The number of nitrogens with two attached hydrogens (primary N) is 3. The lowest BCUT2D eigenvalue weighted by Crippen LogP contribution is -2.44. The number of aliphatic hydroxyl groups is 1. The van der Waals surface area contributed by atoms with Crippen LogP contribution < -0.4 is 21.9 Å². The molecule has 14 atom stereocenters. The van der Waals surface area contributed by atoms with E-state index in [1.165, 1.54) is 49.6 Å². The largest absolute Gasteiger partial charge is 0.431 e. The van der Waals surface area contributed by atoms with Gasteiger partial charge in [-0.2, -0.15) is 50.4 Å². The van der Waals surface area contributed by atoms with E-state index in [1.54, 1.807) is 7.11 Å². The molecule has 0 amide bonds. The van der Waals surface area contributed by atoms with Crippen LogP contribution in [-0.2, 0) is 17.1 Å². The quantitative estimate of drug-likeness (QED) is 0.0588. The second-order valence-corrected chi connectivity index (χ2v) is 28.6. The Bertz CT molecular complexity index is 3630. The number of aromatic nitrogens is 9. The Kier molecular flexibility index (Phi) is 19.5. The van der Waals surface area contributed by atoms with E-state index >= 15 is 0 Å². The highest BCUT2D eigenvalue weighted by Gasteiger charge is 2.61. The van der Waals surface area contributed by atoms with Gasteiger partial charge in [-0.05, 0) is 191 Å². The van der Waals surface area contributed by atoms with Crippen molar-refractivity contribution in [2.24, 2.45) is 35.5 Å². The van der Waals surface area contributed by atoms with Crippen LogP contribution in [0, 0.1) is 35.5 Å². The van der Waals surface area contributed by atoms with E-state index in [0.29, 0.717) is 124 Å². The molecule has 8 aliphatic rings. The van der Waals surface area contributed by atoms with Gasteiger partial charge in [-0.25, -0.2) is 19.3 Å². The average molecular weight is 1340 g/mol. The molecule has 18 nitrogen and oxygen atoms in total. The smallest absolute Gasteiger partial charge is 0.419 e. The zero-order chi connectivity index (χ0) is 67.9. The van der Waals surface area contributed by atoms with E-state index in [1.807, 2.05) is 46.1 Å². The van der Waals surface area contributed by atoms with Crippen LogP contribution in [0.25, 0.3) is 33.8 Å². The zero-order valence-corrected chi connectivity index (χ0v) is 55.2. The highest BCUT2D eigenvalue weighted by atomic mass is 19.4. The molecule has 6 aliphatic carbocycles. The van der Waals surface area contributed by atoms with Crippen molar-refractivity contribution in [2.75, 3.05) is 70.7 Å². The van der Waals surface area contributed by atoms with Crippen molar-refractivity contribution in [2.45, 2.75) is 191 Å². The minimum Gasteiger partial charge on any atom is -0.431 e. The Morgan fingerprint density at radius 2 is 0.989 bits per heavy atom. The SMILES string of the molecule is CC(C)n1nc(-c2cnc(N)c(C(F)(F)F)c2)cc1C1[C@H]2CC(N(C)CCCO)C[C@@H]12.CC(C)n1nc(-c2cnc(N)c(OC(F)F)c2)cc1C1[C@H]2CC(N3CC[C@H](F)C3)C[C@@H]12.CO[C@H]1CCCN(C2C[C@@H]3C(c4cc(-c5cnc(N)c(C(F)(F)F)c5)nn4C(C)C)[C@@H]3C2)C1. The monoisotopic (exact) mass is 1340 g/mol. The van der Waals surface area contributed by atoms with E-state index < -0.39 is 47.9 Å². The number of rotatable bonds is 18. The molecular formula is C68H90F9N15O3. The summed E-state index contributed by atoms with van der Waals surface area (Å²) in [5.74, 6) is 3.64. The summed E-state index contributed by atoms with van der Waals surface area (Å²) in [6, 6.07) is 11.6. The van der Waals surface area contributed by atoms with E-state index in [2.05, 4.69) is 74.2 Å². The van der Waals surface area contributed by atoms with Gasteiger partial charge in [0.2, 0.25) is 0 Å². The number of pyridine rings is 3. The summed E-state index contributed by atoms with van der Waals surface area (Å²) in [7, 11) is 3.91. The van der Waals surface area contributed by atoms with Crippen molar-refractivity contribution in [3.05, 3.63) is 83.2 Å². The number of piperidine rings is 1. The van der Waals surface area contributed by atoms with Gasteiger partial charge >= 0.3 is 19.0 Å². The fraction of sp³-hybridized carbons (Fsp3) is 0.647. The van der Waals surface area contributed by atoms with Gasteiger partial charge in [-0.15, -0.1) is 0 Å². The molecule has 14 rings (SSSR count). The molecule has 2 aliphatic heterocycles. The number of nitrogen functional groups attached to an aromatic ring is 3. The van der Waals surface area contributed by atoms with E-state index in [4.69, 9.17) is 37.2 Å². The number of nitrogens with zero attached hydrogens (tertiary/aromatic N) is 12. The Labute approximate surface area is 548 Å². The molecule has 0 spiro atoms. The summed E-state index contributed by atoms with van der Waals surface area (Å²) in [6.45, 7) is 14.1. The van der Waals surface area contributed by atoms with Crippen LogP contribution >= 0.6 is 0 Å². The van der Waals surface area contributed by atoms with Crippen molar-refractivity contribution < 1.29 is 54.1 Å². The lowest BCUT2D eigenvalue weighted by Gasteiger charge is -2.37. The first-order chi connectivity index (χ1) is 45.1. The summed E-state index contributed by atoms with van der Waals surface area (Å²) in [5.41, 5.74) is 21.1. The maximum atomic E-state index is 13.6. The van der Waals surface area contributed by atoms with Crippen LogP contribution in [0.2, 0.25) is 0 Å². The number of hydrogen-bond donors (Lipinski definition) is 4. The van der Waals surface area contributed by atoms with Crippen molar-refractivity contribution in [1.29, 1.82) is 0 Å². The van der Waals surface area contributed by atoms with Gasteiger partial charge in [0.15, 0.2) is 11.6 Å². The summed E-state index contributed by atoms with van der Waals surface area (Å²) >= 11 is 0. The lowest BCUT2D eigenvalue weighted by atomic mass is 9.99. The number of halogens is 9. The first-order valence-electron chi connectivity index (χ1n) is 33.7. The topological polar surface area (TPSA) is 219 Å². The molecule has 6 aromatic rings. The molecule has 95 heavy (non-hydrogen) atoms. The number of alkyl halides is 9.